The van der Waals surface area contributed by atoms with Gasteiger partial charge in [-0.2, -0.15) is 0 Å². The Morgan fingerprint density at radius 3 is 2.62 bits per heavy atom. The molecule has 252 valence electrons. The Balaban J connectivity index is 1.44. The Labute approximate surface area is 287 Å². The van der Waals surface area contributed by atoms with Crippen LogP contribution in [-0.4, -0.2) is 47.3 Å². The van der Waals surface area contributed by atoms with Gasteiger partial charge in [0.15, 0.2) is 0 Å². The molecule has 1 aliphatic carbocycles. The molecule has 0 radical (unpaired) electrons. The van der Waals surface area contributed by atoms with Crippen LogP contribution >= 0.6 is 23.2 Å². The summed E-state index contributed by atoms with van der Waals surface area (Å²) < 4.78 is 37.3. The summed E-state index contributed by atoms with van der Waals surface area (Å²) >= 11 is 12.7. The lowest BCUT2D eigenvalue weighted by molar-refractivity contribution is -0.0545. The Morgan fingerprint density at radius 1 is 1.09 bits per heavy atom. The molecule has 12 heteroatoms. The van der Waals surface area contributed by atoms with Gasteiger partial charge in [-0.1, -0.05) is 36.7 Å². The first kappa shape index (κ1) is 33.8. The number of nitrogens with one attached hydrogen (secondary N) is 1. The van der Waals surface area contributed by atoms with E-state index < -0.39 is 26.8 Å². The maximum atomic E-state index is 13.5. The number of rotatable bonds is 1. The van der Waals surface area contributed by atoms with Crippen molar-refractivity contribution in [3.05, 3.63) is 87.4 Å². The van der Waals surface area contributed by atoms with Gasteiger partial charge in [-0.15, -0.1) is 0 Å². The van der Waals surface area contributed by atoms with E-state index in [-0.39, 0.29) is 28.6 Å². The van der Waals surface area contributed by atoms with Gasteiger partial charge in [-0.25, -0.2) is 18.1 Å². The van der Waals surface area contributed by atoms with Gasteiger partial charge in [0, 0.05) is 36.6 Å². The summed E-state index contributed by atoms with van der Waals surface area (Å²) in [5, 5.41) is 12.6. The zero-order valence-corrected chi connectivity index (χ0v) is 29.3. The van der Waals surface area contributed by atoms with Gasteiger partial charge in [0.1, 0.15) is 18.0 Å². The molecule has 2 bridgehead atoms. The summed E-state index contributed by atoms with van der Waals surface area (Å²) in [6.45, 7) is 5.04. The molecular formula is C35H42Cl2N4O5S. The Bertz CT molecular complexity index is 1790. The molecule has 0 unspecified atom stereocenters. The number of halogens is 2. The second-order valence-electron chi connectivity index (χ2n) is 13.3. The predicted molar refractivity (Wildman–Crippen MR) is 184 cm³/mol. The number of benzene rings is 2. The van der Waals surface area contributed by atoms with Crippen molar-refractivity contribution in [2.45, 2.75) is 69.8 Å². The molecule has 3 heterocycles. The molecule has 5 atom stereocenters. The molecule has 1 aromatic heterocycles. The minimum absolute atomic E-state index is 0.106. The number of carbonyl (C=O) groups is 1. The largest absolute Gasteiger partial charge is 0.487 e. The topological polar surface area (TPSA) is 114 Å². The average Bonchev–Trinajstić information content (AvgIpc) is 3.35. The molecular weight excluding hydrogens is 659 g/mol. The summed E-state index contributed by atoms with van der Waals surface area (Å²) in [6, 6.07) is 11.0. The van der Waals surface area contributed by atoms with Crippen LogP contribution in [0, 0.1) is 17.8 Å². The van der Waals surface area contributed by atoms with Gasteiger partial charge in [0.2, 0.25) is 15.3 Å². The highest BCUT2D eigenvalue weighted by molar-refractivity contribution is 7.90. The molecule has 2 aliphatic heterocycles. The molecule has 1 fully saturated rings. The van der Waals surface area contributed by atoms with E-state index in [9.17, 15) is 18.3 Å². The number of ether oxygens (including phenoxy) is 1. The van der Waals surface area contributed by atoms with E-state index in [4.69, 9.17) is 27.9 Å². The normalized spacial score (nSPS) is 28.8. The molecule has 0 saturated heterocycles. The predicted octanol–water partition coefficient (Wildman–Crippen LogP) is 6.41. The van der Waals surface area contributed by atoms with E-state index in [2.05, 4.69) is 14.6 Å². The minimum Gasteiger partial charge on any atom is -0.487 e. The number of aryl methyl sites for hydroxylation is 1. The minimum atomic E-state index is -4.01. The van der Waals surface area contributed by atoms with Gasteiger partial charge in [-0.3, -0.25) is 4.79 Å². The highest BCUT2D eigenvalue weighted by Gasteiger charge is 2.48. The van der Waals surface area contributed by atoms with Crippen molar-refractivity contribution >= 4 is 44.8 Å². The Kier molecular flexibility index (Phi) is 9.69. The number of imidazole rings is 1. The van der Waals surface area contributed by atoms with Gasteiger partial charge in [0.25, 0.3) is 5.91 Å². The zero-order valence-electron chi connectivity index (χ0n) is 27.0. The average molecular weight is 702 g/mol. The number of aliphatic hydroxyl groups is 1. The van der Waals surface area contributed by atoms with Crippen LogP contribution in [0.5, 0.6) is 5.75 Å². The molecule has 3 aliphatic rings. The van der Waals surface area contributed by atoms with Crippen molar-refractivity contribution in [2.75, 3.05) is 18.0 Å². The first-order valence-electron chi connectivity index (χ1n) is 16.3. The number of aromatic nitrogens is 2. The highest BCUT2D eigenvalue weighted by Crippen LogP contribution is 2.49. The van der Waals surface area contributed by atoms with Gasteiger partial charge in [-0.05, 0) is 110 Å². The van der Waals surface area contributed by atoms with Crippen LogP contribution in [0.15, 0.2) is 54.7 Å². The van der Waals surface area contributed by atoms with Crippen molar-refractivity contribution in [3.8, 4) is 5.75 Å². The van der Waals surface area contributed by atoms with Crippen molar-refractivity contribution in [1.29, 1.82) is 0 Å². The lowest BCUT2D eigenvalue weighted by Crippen LogP contribution is -2.49. The third-order valence-corrected chi connectivity index (χ3v) is 12.9. The molecule has 9 nitrogen and oxygen atoms in total. The van der Waals surface area contributed by atoms with Gasteiger partial charge in [0.05, 0.1) is 22.8 Å². The van der Waals surface area contributed by atoms with E-state index in [1.54, 1.807) is 49.0 Å². The summed E-state index contributed by atoms with van der Waals surface area (Å²) in [7, 11) is -2.22. The fourth-order valence-corrected chi connectivity index (χ4v) is 8.75. The Morgan fingerprint density at radius 2 is 1.89 bits per heavy atom. The highest BCUT2D eigenvalue weighted by atomic mass is 35.5. The summed E-state index contributed by atoms with van der Waals surface area (Å²) in [5.74, 6) is -0.452. The first-order chi connectivity index (χ1) is 22.4. The van der Waals surface area contributed by atoms with Crippen LogP contribution in [-0.2, 0) is 35.7 Å². The molecule has 1 amide bonds. The van der Waals surface area contributed by atoms with Crippen molar-refractivity contribution in [2.24, 2.45) is 24.8 Å². The smallest absolute Gasteiger partial charge is 0.264 e. The van der Waals surface area contributed by atoms with Crippen LogP contribution in [0.3, 0.4) is 0 Å². The number of amides is 1. The molecule has 47 heavy (non-hydrogen) atoms. The van der Waals surface area contributed by atoms with E-state index in [1.165, 1.54) is 0 Å². The fraction of sp³-hybridized carbons (Fsp3) is 0.486. The third kappa shape index (κ3) is 6.80. The molecule has 3 aromatic rings. The van der Waals surface area contributed by atoms with Crippen molar-refractivity contribution in [1.82, 2.24) is 14.3 Å². The number of hydrogen-bond donors (Lipinski definition) is 2. The maximum absolute atomic E-state index is 13.5. The number of allylic oxidation sites excluding steroid dienone is 1. The molecule has 2 aromatic carbocycles. The fourth-order valence-electron chi connectivity index (χ4n) is 7.13. The monoisotopic (exact) mass is 700 g/mol. The second-order valence-corrected chi connectivity index (χ2v) is 16.1. The number of nitrogens with zero attached hydrogens (tertiary/aromatic N) is 3. The first-order valence-corrected chi connectivity index (χ1v) is 18.6. The van der Waals surface area contributed by atoms with E-state index in [0.29, 0.717) is 48.3 Å². The molecule has 6 rings (SSSR count). The van der Waals surface area contributed by atoms with Crippen LogP contribution in [0.2, 0.25) is 10.3 Å². The lowest BCUT2D eigenvalue weighted by atomic mass is 9.63. The quantitative estimate of drug-likeness (QED) is 0.282. The van der Waals surface area contributed by atoms with Crippen LogP contribution in [0.4, 0.5) is 5.69 Å². The number of anilines is 1. The lowest BCUT2D eigenvalue weighted by Gasteiger charge is -2.48. The maximum Gasteiger partial charge on any atom is 0.264 e. The van der Waals surface area contributed by atoms with E-state index in [0.717, 1.165) is 43.2 Å². The Hall–Kier alpha value is -3.05. The van der Waals surface area contributed by atoms with Gasteiger partial charge >= 0.3 is 0 Å². The number of sulfonamides is 1. The van der Waals surface area contributed by atoms with E-state index in [1.807, 2.05) is 31.2 Å². The standard InChI is InChI=1S/C35H42Cl2N4O5S/c1-22-7-6-15-35(43,32-19-38-34(37)40(32)3)29-13-10-26(29)20-41-16-5-4-8-24-17-28(36)12-9-27(24)21-46-31-14-11-25(18-30(31)41)33(42)39-47(44,45)23(22)2/h6,9,11-12,14-15,17-19,22-23,26,29,43H,4-5,7-8,10,13,16,20-21H2,1-3H3,(H,39,42)/b15-6+/t22-,23+,26-,29+,35-/m0/s1. The number of carbonyl (C=O) groups excluding carboxylic acids is 1. The number of hydrogen-bond acceptors (Lipinski definition) is 7. The SMILES string of the molecule is C[C@@H]1[C@@H](C)C/C=C/[C@@](O)(c2cnc(Cl)n2C)[C@@H]2CC[C@H]2CN2CCCCc3cc(Cl)ccc3COc3ccc(cc32)C(=O)NS1(=O)=O. The van der Waals surface area contributed by atoms with Gasteiger partial charge < -0.3 is 19.3 Å². The van der Waals surface area contributed by atoms with Crippen molar-refractivity contribution < 1.29 is 23.1 Å². The van der Waals surface area contributed by atoms with Crippen LogP contribution in [0.25, 0.3) is 0 Å². The summed E-state index contributed by atoms with van der Waals surface area (Å²) in [5.41, 5.74) is 2.37. The second kappa shape index (κ2) is 13.5. The van der Waals surface area contributed by atoms with Crippen LogP contribution < -0.4 is 14.4 Å². The molecule has 0 spiro atoms. The summed E-state index contributed by atoms with van der Waals surface area (Å²) in [6.07, 6.45) is 10.00. The third-order valence-electron chi connectivity index (χ3n) is 10.4. The summed E-state index contributed by atoms with van der Waals surface area (Å²) in [4.78, 5) is 20.0. The zero-order chi connectivity index (χ0) is 33.5. The molecule has 1 saturated carbocycles. The van der Waals surface area contributed by atoms with E-state index >= 15 is 0 Å². The van der Waals surface area contributed by atoms with Crippen molar-refractivity contribution in [3.63, 3.8) is 0 Å². The van der Waals surface area contributed by atoms with Crippen LogP contribution in [0.1, 0.15) is 73.1 Å². The number of fused-ring (bicyclic) bond motifs is 3. The molecule has 2 N–H and O–H groups in total.